The van der Waals surface area contributed by atoms with Crippen LogP contribution in [0.3, 0.4) is 0 Å². The van der Waals surface area contributed by atoms with Gasteiger partial charge < -0.3 is 0 Å². The molecule has 1 spiro atoms. The standard InChI is InChI=1S/C19H15ClFNS/c20-14-7-13(8-15(21)9-14)12-5-6-18(23)19(10-12)11-22-17-4-2-1-3-16(17)19/h1-4,7-9,11-12H,5-6,10H2. The molecule has 0 bridgehead atoms. The van der Waals surface area contributed by atoms with Gasteiger partial charge in [0, 0.05) is 16.1 Å². The molecule has 2 atom stereocenters. The van der Waals surface area contributed by atoms with Gasteiger partial charge in [0.1, 0.15) is 5.82 Å². The van der Waals surface area contributed by atoms with E-state index in [-0.39, 0.29) is 17.2 Å². The molecule has 116 valence electrons. The highest BCUT2D eigenvalue weighted by atomic mass is 35.5. The number of fused-ring (bicyclic) bond motifs is 2. The number of hydrogen-bond acceptors (Lipinski definition) is 2. The third-order valence-electron chi connectivity index (χ3n) is 4.95. The van der Waals surface area contributed by atoms with E-state index in [1.54, 1.807) is 6.07 Å². The Morgan fingerprint density at radius 1 is 1.22 bits per heavy atom. The first-order valence-corrected chi connectivity index (χ1v) is 8.51. The Bertz CT molecular complexity index is 812. The minimum Gasteiger partial charge on any atom is -0.260 e. The Balaban J connectivity index is 1.75. The van der Waals surface area contributed by atoms with E-state index < -0.39 is 0 Å². The van der Waals surface area contributed by atoms with E-state index in [2.05, 4.69) is 11.1 Å². The van der Waals surface area contributed by atoms with Crippen LogP contribution >= 0.6 is 23.8 Å². The summed E-state index contributed by atoms with van der Waals surface area (Å²) in [6.07, 6.45) is 4.59. The Kier molecular flexibility index (Phi) is 3.58. The van der Waals surface area contributed by atoms with Crippen molar-refractivity contribution in [2.45, 2.75) is 30.6 Å². The lowest BCUT2D eigenvalue weighted by atomic mass is 9.65. The van der Waals surface area contributed by atoms with Crippen molar-refractivity contribution in [2.75, 3.05) is 0 Å². The van der Waals surface area contributed by atoms with Crippen molar-refractivity contribution in [3.05, 3.63) is 64.4 Å². The first kappa shape index (κ1) is 15.0. The number of para-hydroxylation sites is 1. The monoisotopic (exact) mass is 343 g/mol. The van der Waals surface area contributed by atoms with Crippen LogP contribution in [0.1, 0.15) is 36.3 Å². The highest BCUT2D eigenvalue weighted by Gasteiger charge is 2.44. The smallest absolute Gasteiger partial charge is 0.124 e. The molecule has 2 aromatic rings. The average molecular weight is 344 g/mol. The number of benzene rings is 2. The highest BCUT2D eigenvalue weighted by Crippen LogP contribution is 2.49. The molecule has 2 unspecified atom stereocenters. The fraction of sp³-hybridized carbons (Fsp3) is 0.263. The number of hydrogen-bond donors (Lipinski definition) is 0. The molecule has 0 saturated heterocycles. The molecule has 2 aliphatic rings. The quantitative estimate of drug-likeness (QED) is 0.599. The molecule has 0 amide bonds. The SMILES string of the molecule is Fc1cc(Cl)cc(C2CCC(=S)C3(C=Nc4ccccc43)C2)c1. The first-order valence-electron chi connectivity index (χ1n) is 7.72. The van der Waals surface area contributed by atoms with Crippen molar-refractivity contribution in [3.8, 4) is 0 Å². The third-order valence-corrected chi connectivity index (χ3v) is 5.74. The van der Waals surface area contributed by atoms with E-state index in [1.807, 2.05) is 30.5 Å². The fourth-order valence-corrected chi connectivity index (χ4v) is 4.42. The van der Waals surface area contributed by atoms with Crippen LogP contribution in [0.2, 0.25) is 5.02 Å². The molecule has 1 heterocycles. The lowest BCUT2D eigenvalue weighted by molar-refractivity contribution is 0.496. The van der Waals surface area contributed by atoms with E-state index in [4.69, 9.17) is 23.8 Å². The Morgan fingerprint density at radius 3 is 2.87 bits per heavy atom. The first-order chi connectivity index (χ1) is 11.1. The van der Waals surface area contributed by atoms with Gasteiger partial charge in [-0.1, -0.05) is 42.0 Å². The van der Waals surface area contributed by atoms with Crippen LogP contribution < -0.4 is 0 Å². The minimum atomic E-state index is -0.298. The second-order valence-corrected chi connectivity index (χ2v) is 7.24. The van der Waals surface area contributed by atoms with Gasteiger partial charge in [-0.2, -0.15) is 0 Å². The number of aliphatic imine (C=N–C) groups is 1. The maximum absolute atomic E-state index is 13.7. The molecule has 0 radical (unpaired) electrons. The highest BCUT2D eigenvalue weighted by molar-refractivity contribution is 7.80. The van der Waals surface area contributed by atoms with E-state index in [1.165, 1.54) is 11.6 Å². The summed E-state index contributed by atoms with van der Waals surface area (Å²) in [5.41, 5.74) is 2.83. The predicted octanol–water partition coefficient (Wildman–Crippen LogP) is 5.77. The van der Waals surface area contributed by atoms with E-state index in [0.29, 0.717) is 5.02 Å². The molecule has 0 aromatic heterocycles. The van der Waals surface area contributed by atoms with Gasteiger partial charge in [0.05, 0.1) is 11.1 Å². The zero-order chi connectivity index (χ0) is 16.0. The summed E-state index contributed by atoms with van der Waals surface area (Å²) < 4.78 is 13.7. The molecule has 1 fully saturated rings. The molecule has 1 aliphatic heterocycles. The number of rotatable bonds is 1. The van der Waals surface area contributed by atoms with Gasteiger partial charge >= 0.3 is 0 Å². The van der Waals surface area contributed by atoms with E-state index in [9.17, 15) is 4.39 Å². The lowest BCUT2D eigenvalue weighted by Gasteiger charge is -2.38. The van der Waals surface area contributed by atoms with Gasteiger partial charge in [0.15, 0.2) is 0 Å². The Labute approximate surface area is 145 Å². The summed E-state index contributed by atoms with van der Waals surface area (Å²) in [5, 5.41) is 0.447. The predicted molar refractivity (Wildman–Crippen MR) is 96.9 cm³/mol. The largest absolute Gasteiger partial charge is 0.260 e. The number of nitrogens with zero attached hydrogens (tertiary/aromatic N) is 1. The van der Waals surface area contributed by atoms with E-state index in [0.717, 1.165) is 35.4 Å². The van der Waals surface area contributed by atoms with Gasteiger partial charge in [-0.3, -0.25) is 4.99 Å². The summed E-state index contributed by atoms with van der Waals surface area (Å²) in [7, 11) is 0. The maximum Gasteiger partial charge on any atom is 0.124 e. The molecule has 23 heavy (non-hydrogen) atoms. The van der Waals surface area contributed by atoms with Crippen molar-refractivity contribution in [3.63, 3.8) is 0 Å². The summed E-state index contributed by atoms with van der Waals surface area (Å²) in [6, 6.07) is 13.0. The Morgan fingerprint density at radius 2 is 2.04 bits per heavy atom. The van der Waals surface area contributed by atoms with Gasteiger partial charge in [0.2, 0.25) is 0 Å². The van der Waals surface area contributed by atoms with Crippen LogP contribution in [0.15, 0.2) is 47.5 Å². The van der Waals surface area contributed by atoms with Crippen molar-refractivity contribution >= 4 is 40.6 Å². The van der Waals surface area contributed by atoms with Crippen molar-refractivity contribution in [1.82, 2.24) is 0 Å². The van der Waals surface area contributed by atoms with Crippen molar-refractivity contribution in [2.24, 2.45) is 4.99 Å². The van der Waals surface area contributed by atoms with Gasteiger partial charge in [-0.05, 0) is 60.6 Å². The molecule has 4 rings (SSSR count). The minimum absolute atomic E-state index is 0.229. The van der Waals surface area contributed by atoms with Crippen LogP contribution in [-0.4, -0.2) is 11.1 Å². The molecular weight excluding hydrogens is 329 g/mol. The summed E-state index contributed by atoms with van der Waals surface area (Å²) >= 11 is 11.8. The van der Waals surface area contributed by atoms with Crippen LogP contribution in [0.4, 0.5) is 10.1 Å². The fourth-order valence-electron chi connectivity index (χ4n) is 3.83. The average Bonchev–Trinajstić information content (AvgIpc) is 2.89. The summed E-state index contributed by atoms with van der Waals surface area (Å²) in [5.74, 6) is -0.0531. The van der Waals surface area contributed by atoms with Crippen LogP contribution in [0.25, 0.3) is 0 Å². The number of halogens is 2. The van der Waals surface area contributed by atoms with Gasteiger partial charge in [0.25, 0.3) is 0 Å². The maximum atomic E-state index is 13.7. The van der Waals surface area contributed by atoms with Crippen LogP contribution in [-0.2, 0) is 5.41 Å². The van der Waals surface area contributed by atoms with Crippen molar-refractivity contribution < 1.29 is 4.39 Å². The van der Waals surface area contributed by atoms with Crippen LogP contribution in [0.5, 0.6) is 0 Å². The molecule has 1 nitrogen and oxygen atoms in total. The second-order valence-electron chi connectivity index (χ2n) is 6.31. The molecule has 1 saturated carbocycles. The van der Waals surface area contributed by atoms with E-state index >= 15 is 0 Å². The molecule has 2 aromatic carbocycles. The summed E-state index contributed by atoms with van der Waals surface area (Å²) in [4.78, 5) is 5.61. The summed E-state index contributed by atoms with van der Waals surface area (Å²) in [6.45, 7) is 0. The Hall–Kier alpha value is -1.58. The third kappa shape index (κ3) is 2.43. The topological polar surface area (TPSA) is 12.4 Å². The zero-order valence-corrected chi connectivity index (χ0v) is 14.0. The lowest BCUT2D eigenvalue weighted by Crippen LogP contribution is -2.40. The number of thiocarbonyl (C=S) groups is 1. The molecular formula is C19H15ClFNS. The molecule has 4 heteroatoms. The van der Waals surface area contributed by atoms with Crippen LogP contribution in [0, 0.1) is 5.82 Å². The molecule has 1 aliphatic carbocycles. The second kappa shape index (κ2) is 5.50. The normalized spacial score (nSPS) is 25.8. The zero-order valence-electron chi connectivity index (χ0n) is 12.4. The van der Waals surface area contributed by atoms with Crippen molar-refractivity contribution in [1.29, 1.82) is 0 Å². The van der Waals surface area contributed by atoms with Gasteiger partial charge in [-0.15, -0.1) is 0 Å². The van der Waals surface area contributed by atoms with Gasteiger partial charge in [-0.25, -0.2) is 4.39 Å². The molecule has 0 N–H and O–H groups in total.